The molecular weight excluding hydrogens is 448 g/mol. The summed E-state index contributed by atoms with van der Waals surface area (Å²) in [6.45, 7) is 1.88. The second kappa shape index (κ2) is 11.0. The number of carbonyl (C=O) groups is 3. The van der Waals surface area contributed by atoms with Crippen LogP contribution in [0.1, 0.15) is 27.6 Å². The van der Waals surface area contributed by atoms with Gasteiger partial charge in [0.25, 0.3) is 11.8 Å². The van der Waals surface area contributed by atoms with Gasteiger partial charge < -0.3 is 24.8 Å². The lowest BCUT2D eigenvalue weighted by Crippen LogP contribution is -2.14. The standard InChI is InChI=1S/C24H21ClN2O6/c1-3-32-24(30)33-19-11-4-15(5-12-19)22(28)26-17-7-9-18(10-8-17)27-23(29)20-14-16(25)6-13-21(20)31-2/h4-14H,3H2,1-2H3,(H,26,28)(H,27,29). The largest absolute Gasteiger partial charge is 0.513 e. The number of benzene rings is 3. The first-order chi connectivity index (χ1) is 15.9. The highest BCUT2D eigenvalue weighted by Gasteiger charge is 2.14. The van der Waals surface area contributed by atoms with Gasteiger partial charge in [0.1, 0.15) is 11.5 Å². The summed E-state index contributed by atoms with van der Waals surface area (Å²) in [7, 11) is 1.47. The molecule has 0 aliphatic rings. The number of halogens is 1. The molecule has 0 aromatic heterocycles. The molecule has 0 aliphatic carbocycles. The van der Waals surface area contributed by atoms with Crippen molar-refractivity contribution in [2.24, 2.45) is 0 Å². The summed E-state index contributed by atoms with van der Waals surface area (Å²) in [4.78, 5) is 36.4. The monoisotopic (exact) mass is 468 g/mol. The van der Waals surface area contributed by atoms with Crippen LogP contribution in [0.4, 0.5) is 16.2 Å². The van der Waals surface area contributed by atoms with Crippen molar-refractivity contribution in [3.8, 4) is 11.5 Å². The van der Waals surface area contributed by atoms with Gasteiger partial charge >= 0.3 is 6.16 Å². The summed E-state index contributed by atoms with van der Waals surface area (Å²) in [6.07, 6.45) is -0.810. The molecule has 0 saturated carbocycles. The zero-order valence-corrected chi connectivity index (χ0v) is 18.6. The summed E-state index contributed by atoms with van der Waals surface area (Å²) < 4.78 is 14.9. The van der Waals surface area contributed by atoms with E-state index in [1.165, 1.54) is 37.4 Å². The lowest BCUT2D eigenvalue weighted by Gasteiger charge is -2.11. The highest BCUT2D eigenvalue weighted by atomic mass is 35.5. The summed E-state index contributed by atoms with van der Waals surface area (Å²) in [6, 6.07) is 17.4. The van der Waals surface area contributed by atoms with E-state index in [-0.39, 0.29) is 24.2 Å². The molecule has 3 rings (SSSR count). The second-order valence-electron chi connectivity index (χ2n) is 6.64. The first-order valence-electron chi connectivity index (χ1n) is 9.90. The molecule has 0 fully saturated rings. The minimum Gasteiger partial charge on any atom is -0.496 e. The lowest BCUT2D eigenvalue weighted by atomic mass is 10.1. The number of hydrogen-bond donors (Lipinski definition) is 2. The molecule has 3 aromatic rings. The van der Waals surface area contributed by atoms with E-state index in [9.17, 15) is 14.4 Å². The van der Waals surface area contributed by atoms with Crippen LogP contribution in [0, 0.1) is 0 Å². The van der Waals surface area contributed by atoms with E-state index in [2.05, 4.69) is 10.6 Å². The fraction of sp³-hybridized carbons (Fsp3) is 0.125. The average Bonchev–Trinajstić information content (AvgIpc) is 2.81. The topological polar surface area (TPSA) is 103 Å². The van der Waals surface area contributed by atoms with E-state index in [1.54, 1.807) is 43.3 Å². The lowest BCUT2D eigenvalue weighted by molar-refractivity contribution is 0.101. The number of methoxy groups -OCH3 is 1. The van der Waals surface area contributed by atoms with Crippen LogP contribution in [0.15, 0.2) is 66.7 Å². The quantitative estimate of drug-likeness (QED) is 0.356. The van der Waals surface area contributed by atoms with Gasteiger partial charge in [-0.1, -0.05) is 11.6 Å². The summed E-state index contributed by atoms with van der Waals surface area (Å²) in [5.74, 6) is -0.0599. The molecule has 0 atom stereocenters. The van der Waals surface area contributed by atoms with E-state index in [0.717, 1.165) is 0 Å². The average molecular weight is 469 g/mol. The first kappa shape index (κ1) is 23.6. The normalized spacial score (nSPS) is 10.2. The smallest absolute Gasteiger partial charge is 0.496 e. The molecule has 0 radical (unpaired) electrons. The van der Waals surface area contributed by atoms with Crippen molar-refractivity contribution in [3.63, 3.8) is 0 Å². The number of rotatable bonds is 7. The predicted octanol–water partition coefficient (Wildman–Crippen LogP) is 5.39. The number of amides is 2. The molecule has 0 heterocycles. The van der Waals surface area contributed by atoms with E-state index in [0.29, 0.717) is 33.3 Å². The molecular formula is C24H21ClN2O6. The number of ether oxygens (including phenoxy) is 3. The Morgan fingerprint density at radius 1 is 0.848 bits per heavy atom. The van der Waals surface area contributed by atoms with Gasteiger partial charge in [-0.15, -0.1) is 0 Å². The molecule has 170 valence electrons. The van der Waals surface area contributed by atoms with Crippen LogP contribution in [-0.4, -0.2) is 31.7 Å². The molecule has 3 aromatic carbocycles. The minimum absolute atomic E-state index is 0.205. The zero-order valence-electron chi connectivity index (χ0n) is 17.9. The molecule has 0 unspecified atom stereocenters. The Bertz CT molecular complexity index is 1150. The molecule has 2 amide bonds. The Morgan fingerprint density at radius 2 is 1.45 bits per heavy atom. The first-order valence-corrected chi connectivity index (χ1v) is 10.3. The summed E-state index contributed by atoms with van der Waals surface area (Å²) >= 11 is 5.98. The number of hydrogen-bond acceptors (Lipinski definition) is 6. The highest BCUT2D eigenvalue weighted by molar-refractivity contribution is 6.31. The van der Waals surface area contributed by atoms with Gasteiger partial charge in [0, 0.05) is 22.0 Å². The Balaban J connectivity index is 1.60. The third-order valence-electron chi connectivity index (χ3n) is 4.39. The van der Waals surface area contributed by atoms with Gasteiger partial charge in [-0.3, -0.25) is 9.59 Å². The molecule has 33 heavy (non-hydrogen) atoms. The van der Waals surface area contributed by atoms with Crippen LogP contribution in [0.5, 0.6) is 11.5 Å². The molecule has 0 aliphatic heterocycles. The van der Waals surface area contributed by atoms with Crippen molar-refractivity contribution in [2.75, 3.05) is 24.4 Å². The molecule has 2 N–H and O–H groups in total. The van der Waals surface area contributed by atoms with Gasteiger partial charge in [-0.2, -0.15) is 0 Å². The summed E-state index contributed by atoms with van der Waals surface area (Å²) in [5, 5.41) is 5.93. The molecule has 0 saturated heterocycles. The minimum atomic E-state index is -0.810. The van der Waals surface area contributed by atoms with E-state index >= 15 is 0 Å². The van der Waals surface area contributed by atoms with Crippen LogP contribution in [0.25, 0.3) is 0 Å². The fourth-order valence-corrected chi connectivity index (χ4v) is 2.99. The fourth-order valence-electron chi connectivity index (χ4n) is 2.81. The molecule has 0 bridgehead atoms. The summed E-state index contributed by atoms with van der Waals surface area (Å²) in [5.41, 5.74) is 1.74. The van der Waals surface area contributed by atoms with Crippen molar-refractivity contribution in [2.45, 2.75) is 6.92 Å². The number of anilines is 2. The Kier molecular flexibility index (Phi) is 7.88. The van der Waals surface area contributed by atoms with Crippen LogP contribution in [0.3, 0.4) is 0 Å². The Labute approximate surface area is 195 Å². The van der Waals surface area contributed by atoms with E-state index in [1.807, 2.05) is 0 Å². The van der Waals surface area contributed by atoms with Crippen LogP contribution in [-0.2, 0) is 4.74 Å². The van der Waals surface area contributed by atoms with Gasteiger partial charge in [-0.05, 0) is 73.7 Å². The van der Waals surface area contributed by atoms with E-state index < -0.39 is 6.16 Å². The Morgan fingerprint density at radius 3 is 2.03 bits per heavy atom. The van der Waals surface area contributed by atoms with Crippen LogP contribution >= 0.6 is 11.6 Å². The predicted molar refractivity (Wildman–Crippen MR) is 124 cm³/mol. The number of nitrogens with one attached hydrogen (secondary N) is 2. The highest BCUT2D eigenvalue weighted by Crippen LogP contribution is 2.24. The van der Waals surface area contributed by atoms with Crippen molar-refractivity contribution < 1.29 is 28.6 Å². The maximum absolute atomic E-state index is 12.6. The van der Waals surface area contributed by atoms with Crippen molar-refractivity contribution in [3.05, 3.63) is 82.9 Å². The van der Waals surface area contributed by atoms with Crippen LogP contribution < -0.4 is 20.1 Å². The third kappa shape index (κ3) is 6.47. The van der Waals surface area contributed by atoms with Gasteiger partial charge in [0.2, 0.25) is 0 Å². The maximum atomic E-state index is 12.6. The SMILES string of the molecule is CCOC(=O)Oc1ccc(C(=O)Nc2ccc(NC(=O)c3cc(Cl)ccc3OC)cc2)cc1. The zero-order chi connectivity index (χ0) is 23.8. The maximum Gasteiger partial charge on any atom is 0.513 e. The van der Waals surface area contributed by atoms with Crippen molar-refractivity contribution in [1.29, 1.82) is 0 Å². The second-order valence-corrected chi connectivity index (χ2v) is 7.08. The van der Waals surface area contributed by atoms with E-state index in [4.69, 9.17) is 25.8 Å². The van der Waals surface area contributed by atoms with Gasteiger partial charge in [0.05, 0.1) is 19.3 Å². The van der Waals surface area contributed by atoms with Gasteiger partial charge in [-0.25, -0.2) is 4.79 Å². The molecule has 0 spiro atoms. The third-order valence-corrected chi connectivity index (χ3v) is 4.62. The number of carbonyl (C=O) groups excluding carboxylic acids is 3. The van der Waals surface area contributed by atoms with Crippen molar-refractivity contribution in [1.82, 2.24) is 0 Å². The Hall–Kier alpha value is -4.04. The molecule has 8 nitrogen and oxygen atoms in total. The van der Waals surface area contributed by atoms with Crippen LogP contribution in [0.2, 0.25) is 5.02 Å². The van der Waals surface area contributed by atoms with Crippen molar-refractivity contribution >= 4 is 40.9 Å². The molecule has 9 heteroatoms. The van der Waals surface area contributed by atoms with Gasteiger partial charge in [0.15, 0.2) is 0 Å².